The number of amides is 1. The first-order valence-electron chi connectivity index (χ1n) is 10.5. The maximum absolute atomic E-state index is 12.8. The number of nitrogens with one attached hydrogen (secondary N) is 1. The van der Waals surface area contributed by atoms with Gasteiger partial charge in [-0.1, -0.05) is 48.2 Å². The van der Waals surface area contributed by atoms with Crippen molar-refractivity contribution in [1.29, 1.82) is 0 Å². The second-order valence-corrected chi connectivity index (χ2v) is 9.39. The van der Waals surface area contributed by atoms with Crippen LogP contribution in [0.3, 0.4) is 0 Å². The zero-order valence-electron chi connectivity index (χ0n) is 18.2. The Kier molecular flexibility index (Phi) is 6.33. The van der Waals surface area contributed by atoms with Crippen LogP contribution in [0.15, 0.2) is 65.1 Å². The molecule has 0 fully saturated rings. The fraction of sp³-hybridized carbons (Fsp3) is 0.167. The molecule has 2 aromatic carbocycles. The number of ketones is 1. The maximum atomic E-state index is 12.8. The number of benzene rings is 2. The summed E-state index contributed by atoms with van der Waals surface area (Å²) in [6, 6.07) is 17.2. The monoisotopic (exact) mass is 492 g/mol. The van der Waals surface area contributed by atoms with Gasteiger partial charge in [0, 0.05) is 11.6 Å². The molecule has 8 nitrogen and oxygen atoms in total. The first-order chi connectivity index (χ1) is 16.6. The molecule has 172 valence electrons. The van der Waals surface area contributed by atoms with E-state index in [2.05, 4.69) is 15.5 Å². The number of anilines is 1. The molecule has 5 rings (SSSR count). The predicted octanol–water partition coefficient (Wildman–Crippen LogP) is 4.72. The molecule has 1 aliphatic heterocycles. The Morgan fingerprint density at radius 2 is 1.88 bits per heavy atom. The van der Waals surface area contributed by atoms with Crippen LogP contribution in [0.2, 0.25) is 0 Å². The van der Waals surface area contributed by atoms with Crippen molar-refractivity contribution in [3.05, 3.63) is 71.1 Å². The van der Waals surface area contributed by atoms with Gasteiger partial charge in [0.1, 0.15) is 0 Å². The SMILES string of the molecule is CC(=O)c1cc2c(cc1NC(=O)CSc1nnc(-c3cccs3)n1Cc1ccccc1)OCO2. The van der Waals surface area contributed by atoms with Gasteiger partial charge in [-0.3, -0.25) is 14.2 Å². The second kappa shape index (κ2) is 9.70. The van der Waals surface area contributed by atoms with E-state index in [0.29, 0.717) is 34.5 Å². The minimum atomic E-state index is -0.265. The van der Waals surface area contributed by atoms with Crippen molar-refractivity contribution in [3.8, 4) is 22.2 Å². The molecule has 2 aromatic heterocycles. The number of rotatable bonds is 8. The average Bonchev–Trinajstić information content (AvgIpc) is 3.59. The molecule has 0 saturated carbocycles. The summed E-state index contributed by atoms with van der Waals surface area (Å²) in [6.07, 6.45) is 0. The average molecular weight is 493 g/mol. The number of carbonyl (C=O) groups is 2. The topological polar surface area (TPSA) is 95.3 Å². The molecule has 3 heterocycles. The Bertz CT molecular complexity index is 1340. The van der Waals surface area contributed by atoms with Crippen molar-refractivity contribution >= 4 is 40.5 Å². The highest BCUT2D eigenvalue weighted by Gasteiger charge is 2.21. The fourth-order valence-electron chi connectivity index (χ4n) is 3.55. The standard InChI is InChI=1S/C24H20N4O4S2/c1-15(29)17-10-19-20(32-14-31-19)11-18(17)25-22(30)13-34-24-27-26-23(21-8-5-9-33-21)28(24)12-16-6-3-2-4-7-16/h2-11H,12-14H2,1H3,(H,25,30). The van der Waals surface area contributed by atoms with Crippen LogP contribution in [-0.2, 0) is 11.3 Å². The summed E-state index contributed by atoms with van der Waals surface area (Å²) >= 11 is 2.88. The Morgan fingerprint density at radius 3 is 2.62 bits per heavy atom. The van der Waals surface area contributed by atoms with Crippen LogP contribution in [0, 0.1) is 0 Å². The summed E-state index contributed by atoms with van der Waals surface area (Å²) in [7, 11) is 0. The molecule has 0 spiro atoms. The summed E-state index contributed by atoms with van der Waals surface area (Å²) in [6.45, 7) is 2.12. The van der Waals surface area contributed by atoms with Gasteiger partial charge < -0.3 is 14.8 Å². The first-order valence-corrected chi connectivity index (χ1v) is 12.3. The van der Waals surface area contributed by atoms with Crippen LogP contribution in [0.1, 0.15) is 22.8 Å². The van der Waals surface area contributed by atoms with Crippen LogP contribution in [0.25, 0.3) is 10.7 Å². The molecule has 0 radical (unpaired) electrons. The lowest BCUT2D eigenvalue weighted by Gasteiger charge is -2.11. The Hall–Kier alpha value is -3.63. The molecule has 10 heteroatoms. The molecule has 1 N–H and O–H groups in total. The smallest absolute Gasteiger partial charge is 0.234 e. The summed E-state index contributed by atoms with van der Waals surface area (Å²) in [5.74, 6) is 1.41. The van der Waals surface area contributed by atoms with Crippen molar-refractivity contribution in [2.45, 2.75) is 18.6 Å². The normalized spacial score (nSPS) is 12.0. The summed E-state index contributed by atoms with van der Waals surface area (Å²) in [5, 5.41) is 14.2. The third kappa shape index (κ3) is 4.68. The van der Waals surface area contributed by atoms with Crippen molar-refractivity contribution in [2.24, 2.45) is 0 Å². The highest BCUT2D eigenvalue weighted by Crippen LogP contribution is 2.37. The number of hydrogen-bond acceptors (Lipinski definition) is 8. The van der Waals surface area contributed by atoms with Crippen molar-refractivity contribution in [1.82, 2.24) is 14.8 Å². The third-order valence-electron chi connectivity index (χ3n) is 5.14. The van der Waals surface area contributed by atoms with Crippen LogP contribution in [0.5, 0.6) is 11.5 Å². The zero-order valence-corrected chi connectivity index (χ0v) is 19.8. The summed E-state index contributed by atoms with van der Waals surface area (Å²) in [5.41, 5.74) is 1.88. The van der Waals surface area contributed by atoms with Gasteiger partial charge in [-0.2, -0.15) is 0 Å². The number of thioether (sulfide) groups is 1. The molecule has 34 heavy (non-hydrogen) atoms. The van der Waals surface area contributed by atoms with Crippen molar-refractivity contribution in [3.63, 3.8) is 0 Å². The molecule has 0 unspecified atom stereocenters. The van der Waals surface area contributed by atoms with E-state index in [9.17, 15) is 9.59 Å². The molecule has 0 aliphatic carbocycles. The molecule has 1 amide bonds. The highest BCUT2D eigenvalue weighted by atomic mass is 32.2. The number of aromatic nitrogens is 3. The third-order valence-corrected chi connectivity index (χ3v) is 6.97. The van der Waals surface area contributed by atoms with Gasteiger partial charge in [0.05, 0.1) is 22.9 Å². The Labute approximate surface area is 203 Å². The van der Waals surface area contributed by atoms with E-state index in [1.807, 2.05) is 52.4 Å². The summed E-state index contributed by atoms with van der Waals surface area (Å²) < 4.78 is 12.7. The van der Waals surface area contributed by atoms with Gasteiger partial charge in [-0.05, 0) is 30.0 Å². The Balaban J connectivity index is 1.34. The number of nitrogens with zero attached hydrogens (tertiary/aromatic N) is 3. The van der Waals surface area contributed by atoms with E-state index in [1.54, 1.807) is 23.5 Å². The number of fused-ring (bicyclic) bond motifs is 1. The highest BCUT2D eigenvalue weighted by molar-refractivity contribution is 7.99. The van der Waals surface area contributed by atoms with E-state index in [1.165, 1.54) is 18.7 Å². The van der Waals surface area contributed by atoms with Gasteiger partial charge in [0.15, 0.2) is 28.3 Å². The quantitative estimate of drug-likeness (QED) is 0.281. The molecular formula is C24H20N4O4S2. The van der Waals surface area contributed by atoms with Gasteiger partial charge in [-0.15, -0.1) is 21.5 Å². The maximum Gasteiger partial charge on any atom is 0.234 e. The number of hydrogen-bond donors (Lipinski definition) is 1. The molecule has 1 aliphatic rings. The van der Waals surface area contributed by atoms with E-state index in [4.69, 9.17) is 9.47 Å². The van der Waals surface area contributed by atoms with Crippen LogP contribution >= 0.6 is 23.1 Å². The van der Waals surface area contributed by atoms with Crippen molar-refractivity contribution in [2.75, 3.05) is 17.9 Å². The first kappa shape index (κ1) is 22.2. The zero-order chi connectivity index (χ0) is 23.5. The minimum Gasteiger partial charge on any atom is -0.454 e. The molecular weight excluding hydrogens is 472 g/mol. The minimum absolute atomic E-state index is 0.0869. The van der Waals surface area contributed by atoms with Crippen LogP contribution in [0.4, 0.5) is 5.69 Å². The number of thiophene rings is 1. The summed E-state index contributed by atoms with van der Waals surface area (Å²) in [4.78, 5) is 25.9. The van der Waals surface area contributed by atoms with Crippen molar-refractivity contribution < 1.29 is 19.1 Å². The van der Waals surface area contributed by atoms with E-state index in [0.717, 1.165) is 16.3 Å². The Morgan fingerprint density at radius 1 is 1.09 bits per heavy atom. The molecule has 0 bridgehead atoms. The lowest BCUT2D eigenvalue weighted by Crippen LogP contribution is -2.17. The lowest BCUT2D eigenvalue weighted by atomic mass is 10.1. The van der Waals surface area contributed by atoms with Crippen LogP contribution in [-0.4, -0.2) is 39.0 Å². The largest absolute Gasteiger partial charge is 0.454 e. The van der Waals surface area contributed by atoms with Gasteiger partial charge >= 0.3 is 0 Å². The van der Waals surface area contributed by atoms with Gasteiger partial charge in [0.25, 0.3) is 0 Å². The van der Waals surface area contributed by atoms with E-state index in [-0.39, 0.29) is 24.2 Å². The van der Waals surface area contributed by atoms with E-state index >= 15 is 0 Å². The number of Topliss-reactive ketones (excluding diaryl/α,β-unsaturated/α-hetero) is 1. The second-order valence-electron chi connectivity index (χ2n) is 7.50. The predicted molar refractivity (Wildman–Crippen MR) is 131 cm³/mol. The number of carbonyl (C=O) groups excluding carboxylic acids is 2. The molecule has 0 atom stereocenters. The molecule has 0 saturated heterocycles. The lowest BCUT2D eigenvalue weighted by molar-refractivity contribution is -0.113. The van der Waals surface area contributed by atoms with Gasteiger partial charge in [-0.25, -0.2) is 0 Å². The van der Waals surface area contributed by atoms with Crippen LogP contribution < -0.4 is 14.8 Å². The number of ether oxygens (including phenoxy) is 2. The van der Waals surface area contributed by atoms with Gasteiger partial charge in [0.2, 0.25) is 12.7 Å². The fourth-order valence-corrected chi connectivity index (χ4v) is 5.00. The van der Waals surface area contributed by atoms with E-state index < -0.39 is 0 Å². The molecule has 4 aromatic rings.